The maximum Gasteiger partial charge on any atom is 0.252 e. The van der Waals surface area contributed by atoms with Gasteiger partial charge in [-0.2, -0.15) is 0 Å². The van der Waals surface area contributed by atoms with Gasteiger partial charge in [-0.3, -0.25) is 0 Å². The highest BCUT2D eigenvalue weighted by Gasteiger charge is 2.44. The van der Waals surface area contributed by atoms with Gasteiger partial charge >= 0.3 is 0 Å². The van der Waals surface area contributed by atoms with Crippen molar-refractivity contribution < 1.29 is 0 Å². The van der Waals surface area contributed by atoms with Crippen molar-refractivity contribution in [3.8, 4) is 11.1 Å². The van der Waals surface area contributed by atoms with Gasteiger partial charge in [0.1, 0.15) is 7.85 Å². The third-order valence-electron chi connectivity index (χ3n) is 11.0. The molecule has 6 aromatic rings. The molecule has 0 saturated heterocycles. The van der Waals surface area contributed by atoms with Crippen LogP contribution in [0.25, 0.3) is 11.1 Å². The Labute approximate surface area is 313 Å². The van der Waals surface area contributed by atoms with Gasteiger partial charge in [-0.15, -0.1) is 0 Å². The highest BCUT2D eigenvalue weighted by atomic mass is 15.2. The van der Waals surface area contributed by atoms with Gasteiger partial charge in [0.15, 0.2) is 0 Å². The molecule has 4 heteroatoms. The number of anilines is 6. The molecule has 8 rings (SSSR count). The maximum atomic E-state index is 6.99. The summed E-state index contributed by atoms with van der Waals surface area (Å²) in [6.45, 7) is 20.7. The van der Waals surface area contributed by atoms with E-state index in [1.54, 1.807) is 0 Å². The van der Waals surface area contributed by atoms with E-state index in [-0.39, 0.29) is 23.0 Å². The van der Waals surface area contributed by atoms with Crippen LogP contribution in [0.1, 0.15) is 79.0 Å². The number of para-hydroxylation sites is 1. The molecule has 0 aliphatic carbocycles. The Morgan fingerprint density at radius 2 is 0.923 bits per heavy atom. The van der Waals surface area contributed by atoms with Crippen molar-refractivity contribution in [2.75, 3.05) is 9.80 Å². The lowest BCUT2D eigenvalue weighted by atomic mass is 9.33. The topological polar surface area (TPSA) is 6.48 Å². The molecule has 0 N–H and O–H groups in total. The van der Waals surface area contributed by atoms with Gasteiger partial charge in [-0.05, 0) is 97.4 Å². The summed E-state index contributed by atoms with van der Waals surface area (Å²) >= 11 is 0. The molecule has 2 heterocycles. The predicted molar refractivity (Wildman–Crippen MR) is 227 cm³/mol. The van der Waals surface area contributed by atoms with Crippen molar-refractivity contribution in [1.29, 1.82) is 0 Å². The van der Waals surface area contributed by atoms with Gasteiger partial charge in [-0.25, -0.2) is 0 Å². The van der Waals surface area contributed by atoms with E-state index in [9.17, 15) is 0 Å². The fraction of sp³-hybridized carbons (Fsp3) is 0.250. The minimum Gasteiger partial charge on any atom is -0.311 e. The van der Waals surface area contributed by atoms with E-state index in [2.05, 4.69) is 200 Å². The van der Waals surface area contributed by atoms with Crippen molar-refractivity contribution in [2.45, 2.75) is 78.6 Å². The van der Waals surface area contributed by atoms with Crippen LogP contribution in [0.4, 0.5) is 34.1 Å². The van der Waals surface area contributed by atoms with Crippen LogP contribution in [0.5, 0.6) is 0 Å². The van der Waals surface area contributed by atoms with Crippen LogP contribution in [0.3, 0.4) is 0 Å². The average Bonchev–Trinajstić information content (AvgIpc) is 3.10. The zero-order chi connectivity index (χ0) is 36.7. The van der Waals surface area contributed by atoms with Gasteiger partial charge in [0, 0.05) is 34.0 Å². The van der Waals surface area contributed by atoms with Gasteiger partial charge in [-0.1, -0.05) is 153 Å². The molecule has 0 unspecified atom stereocenters. The number of fused-ring (bicyclic) bond motifs is 4. The molecule has 0 saturated carbocycles. The second kappa shape index (κ2) is 12.1. The van der Waals surface area contributed by atoms with Crippen LogP contribution in [0.2, 0.25) is 0 Å². The Kier molecular flexibility index (Phi) is 7.92. The zero-order valence-corrected chi connectivity index (χ0v) is 32.2. The van der Waals surface area contributed by atoms with Crippen molar-refractivity contribution in [2.24, 2.45) is 0 Å². The molecule has 2 radical (unpaired) electrons. The zero-order valence-electron chi connectivity index (χ0n) is 32.2. The van der Waals surface area contributed by atoms with E-state index in [0.717, 1.165) is 28.2 Å². The van der Waals surface area contributed by atoms with Gasteiger partial charge < -0.3 is 9.80 Å². The molecule has 0 aromatic heterocycles. The summed E-state index contributed by atoms with van der Waals surface area (Å²) in [4.78, 5) is 4.94. The second-order valence-electron chi connectivity index (χ2n) is 17.8. The number of hydrogen-bond acceptors (Lipinski definition) is 2. The monoisotopic (exact) mass is 674 g/mol. The molecular weight excluding hydrogens is 626 g/mol. The summed E-state index contributed by atoms with van der Waals surface area (Å²) in [5.41, 5.74) is 18.0. The van der Waals surface area contributed by atoms with Gasteiger partial charge in [0.05, 0.1) is 5.69 Å². The summed E-state index contributed by atoms with van der Waals surface area (Å²) in [7, 11) is 6.99. The maximum absolute atomic E-state index is 6.99. The largest absolute Gasteiger partial charge is 0.311 e. The summed E-state index contributed by atoms with van der Waals surface area (Å²) < 4.78 is 0. The van der Waals surface area contributed by atoms with Crippen LogP contribution < -0.4 is 31.7 Å². The Hall–Kier alpha value is -4.95. The molecule has 256 valence electrons. The van der Waals surface area contributed by atoms with E-state index >= 15 is 0 Å². The number of benzene rings is 6. The third-order valence-corrected chi connectivity index (χ3v) is 11.0. The smallest absolute Gasteiger partial charge is 0.252 e. The van der Waals surface area contributed by atoms with E-state index in [1.807, 2.05) is 0 Å². The SMILES string of the molecule is [B]c1cc2c3c(c1)N(c1ccccc1-c1ccccc1)c1ccc(C(C)(C)C)cc1B3c1cc(C(C)(C)C)ccc1N2c1ccc(C(C)(C)C)cc1. The molecule has 52 heavy (non-hydrogen) atoms. The number of rotatable bonds is 3. The lowest BCUT2D eigenvalue weighted by Crippen LogP contribution is -2.62. The van der Waals surface area contributed by atoms with E-state index in [0.29, 0.717) is 0 Å². The molecule has 0 fully saturated rings. The van der Waals surface area contributed by atoms with E-state index in [1.165, 1.54) is 55.6 Å². The molecule has 6 aromatic carbocycles. The standard InChI is InChI=1S/C48H48B2N2/c1-46(2,3)32-19-23-36(24-20-32)51-41-25-21-33(47(4,5)6)27-38(41)50-39-28-34(48(7,8)9)22-26-42(39)52(44-30-35(49)29-43(51)45(44)50)40-18-14-13-17-37(40)31-15-11-10-12-16-31/h10-30H,1-9H3. The first-order chi connectivity index (χ1) is 24.6. The first-order valence-corrected chi connectivity index (χ1v) is 18.7. The fourth-order valence-corrected chi connectivity index (χ4v) is 8.14. The molecule has 2 nitrogen and oxygen atoms in total. The molecular formula is C48H48B2N2. The van der Waals surface area contributed by atoms with Gasteiger partial charge in [0.2, 0.25) is 0 Å². The van der Waals surface area contributed by atoms with Gasteiger partial charge in [0.25, 0.3) is 6.71 Å². The van der Waals surface area contributed by atoms with Crippen molar-refractivity contribution >= 4 is 70.5 Å². The fourth-order valence-electron chi connectivity index (χ4n) is 8.14. The minimum absolute atomic E-state index is 0.0101. The highest BCUT2D eigenvalue weighted by Crippen LogP contribution is 2.46. The van der Waals surface area contributed by atoms with Crippen LogP contribution in [-0.4, -0.2) is 14.6 Å². The van der Waals surface area contributed by atoms with E-state index < -0.39 is 0 Å². The Morgan fingerprint density at radius 1 is 0.442 bits per heavy atom. The van der Waals surface area contributed by atoms with Crippen LogP contribution in [0, 0.1) is 0 Å². The molecule has 0 amide bonds. The quantitative estimate of drug-likeness (QED) is 0.172. The molecule has 0 spiro atoms. The van der Waals surface area contributed by atoms with Crippen molar-refractivity contribution in [3.05, 3.63) is 144 Å². The van der Waals surface area contributed by atoms with E-state index in [4.69, 9.17) is 7.85 Å². The van der Waals surface area contributed by atoms with Crippen LogP contribution in [-0.2, 0) is 16.2 Å². The minimum atomic E-state index is -0.0163. The first kappa shape index (κ1) is 34.2. The van der Waals surface area contributed by atoms with Crippen molar-refractivity contribution in [1.82, 2.24) is 0 Å². The van der Waals surface area contributed by atoms with Crippen LogP contribution >= 0.6 is 0 Å². The number of hydrogen-bond donors (Lipinski definition) is 0. The lowest BCUT2D eigenvalue weighted by molar-refractivity contribution is 0.590. The predicted octanol–water partition coefficient (Wildman–Crippen LogP) is 10.1. The Balaban J connectivity index is 1.48. The molecule has 2 aliphatic rings. The molecule has 0 atom stereocenters. The Morgan fingerprint density at radius 3 is 1.48 bits per heavy atom. The summed E-state index contributed by atoms with van der Waals surface area (Å²) in [5.74, 6) is 0. The lowest BCUT2D eigenvalue weighted by Gasteiger charge is -2.45. The second-order valence-corrected chi connectivity index (χ2v) is 17.8. The average molecular weight is 675 g/mol. The summed E-state index contributed by atoms with van der Waals surface area (Å²) in [5, 5.41) is 0. The highest BCUT2D eigenvalue weighted by molar-refractivity contribution is 7.00. The summed E-state index contributed by atoms with van der Waals surface area (Å²) in [6.07, 6.45) is 0. The molecule has 0 bridgehead atoms. The summed E-state index contributed by atoms with van der Waals surface area (Å²) in [6, 6.07) is 47.4. The molecule has 2 aliphatic heterocycles. The van der Waals surface area contributed by atoms with Crippen LogP contribution in [0.15, 0.2) is 127 Å². The third kappa shape index (κ3) is 5.68. The normalized spacial score (nSPS) is 13.8. The number of nitrogens with zero attached hydrogens (tertiary/aromatic N) is 2. The Bertz CT molecular complexity index is 2320. The van der Waals surface area contributed by atoms with Crippen molar-refractivity contribution in [3.63, 3.8) is 0 Å². The first-order valence-electron chi connectivity index (χ1n) is 18.7.